The Bertz CT molecular complexity index is 482. The van der Waals surface area contributed by atoms with Crippen molar-refractivity contribution in [1.29, 1.82) is 0 Å². The minimum atomic E-state index is 0.196. The average Bonchev–Trinajstić information content (AvgIpc) is 2.60. The summed E-state index contributed by atoms with van der Waals surface area (Å²) in [6, 6.07) is 10.5. The van der Waals surface area contributed by atoms with Crippen LogP contribution < -0.4 is 10.6 Å². The maximum Gasteiger partial charge on any atom is 0.191 e. The minimum Gasteiger partial charge on any atom is -0.377 e. The minimum absolute atomic E-state index is 0.196. The van der Waals surface area contributed by atoms with Crippen LogP contribution in [-0.2, 0) is 4.74 Å². The number of rotatable bonds is 11. The van der Waals surface area contributed by atoms with E-state index in [2.05, 4.69) is 65.8 Å². The smallest absolute Gasteiger partial charge is 0.191 e. The molecule has 0 fully saturated rings. The van der Waals surface area contributed by atoms with Gasteiger partial charge in [0.05, 0.1) is 6.10 Å². The zero-order chi connectivity index (χ0) is 18.5. The van der Waals surface area contributed by atoms with E-state index in [1.807, 2.05) is 24.8 Å². The van der Waals surface area contributed by atoms with Crippen molar-refractivity contribution in [2.45, 2.75) is 36.5 Å². The molecular weight excluding hydrogens is 332 g/mol. The van der Waals surface area contributed by atoms with Gasteiger partial charge in [0.2, 0.25) is 0 Å². The van der Waals surface area contributed by atoms with Crippen molar-refractivity contribution in [2.75, 3.05) is 47.4 Å². The molecule has 1 aromatic carbocycles. The molecule has 0 aliphatic rings. The van der Waals surface area contributed by atoms with Gasteiger partial charge in [-0.2, -0.15) is 0 Å². The molecule has 142 valence electrons. The van der Waals surface area contributed by atoms with Crippen molar-refractivity contribution in [3.05, 3.63) is 30.3 Å². The summed E-state index contributed by atoms with van der Waals surface area (Å²) in [5.41, 5.74) is 0. The van der Waals surface area contributed by atoms with E-state index in [4.69, 9.17) is 4.74 Å². The molecule has 0 aliphatic carbocycles. The number of benzene rings is 1. The van der Waals surface area contributed by atoms with Gasteiger partial charge in [-0.3, -0.25) is 4.99 Å². The van der Waals surface area contributed by atoms with Crippen LogP contribution in [0.1, 0.15) is 20.3 Å². The van der Waals surface area contributed by atoms with Gasteiger partial charge >= 0.3 is 0 Å². The molecular formula is C19H34N4OS. The van der Waals surface area contributed by atoms with E-state index in [-0.39, 0.29) is 6.10 Å². The molecule has 0 saturated carbocycles. The summed E-state index contributed by atoms with van der Waals surface area (Å²) in [5.74, 6) is 0.829. The second-order valence-corrected chi connectivity index (χ2v) is 7.76. The molecule has 2 N–H and O–H groups in total. The van der Waals surface area contributed by atoms with Crippen molar-refractivity contribution < 1.29 is 4.74 Å². The normalized spacial score (nSPS) is 14.4. The summed E-state index contributed by atoms with van der Waals surface area (Å²) in [5, 5.41) is 7.24. The molecule has 1 rings (SSSR count). The molecule has 0 radical (unpaired) electrons. The molecule has 6 heteroatoms. The molecule has 0 bridgehead atoms. The maximum atomic E-state index is 5.82. The highest BCUT2D eigenvalue weighted by Crippen LogP contribution is 2.21. The third kappa shape index (κ3) is 10.4. The monoisotopic (exact) mass is 366 g/mol. The van der Waals surface area contributed by atoms with Crippen LogP contribution >= 0.6 is 11.8 Å². The van der Waals surface area contributed by atoms with Crippen molar-refractivity contribution in [3.63, 3.8) is 0 Å². The lowest BCUT2D eigenvalue weighted by Gasteiger charge is -2.22. The second kappa shape index (κ2) is 13.0. The van der Waals surface area contributed by atoms with E-state index in [1.165, 1.54) is 4.90 Å². The molecule has 5 nitrogen and oxygen atoms in total. The Morgan fingerprint density at radius 2 is 1.88 bits per heavy atom. The molecule has 2 atom stereocenters. The highest BCUT2D eigenvalue weighted by molar-refractivity contribution is 8.00. The fraction of sp³-hybridized carbons (Fsp3) is 0.632. The summed E-state index contributed by atoms with van der Waals surface area (Å²) < 4.78 is 5.82. The van der Waals surface area contributed by atoms with Gasteiger partial charge in [-0.25, -0.2) is 0 Å². The third-order valence-corrected chi connectivity index (χ3v) is 4.77. The van der Waals surface area contributed by atoms with Crippen LogP contribution in [0.4, 0.5) is 0 Å². The number of guanidine groups is 1. The van der Waals surface area contributed by atoms with Crippen LogP contribution in [-0.4, -0.2) is 69.6 Å². The van der Waals surface area contributed by atoms with E-state index in [1.54, 1.807) is 7.05 Å². The topological polar surface area (TPSA) is 48.9 Å². The van der Waals surface area contributed by atoms with Gasteiger partial charge < -0.3 is 20.3 Å². The summed E-state index contributed by atoms with van der Waals surface area (Å²) in [6.45, 7) is 7.63. The highest BCUT2D eigenvalue weighted by atomic mass is 32.2. The van der Waals surface area contributed by atoms with Gasteiger partial charge in [-0.05, 0) is 39.6 Å². The first-order valence-electron chi connectivity index (χ1n) is 8.97. The van der Waals surface area contributed by atoms with Crippen LogP contribution in [0.15, 0.2) is 40.2 Å². The highest BCUT2D eigenvalue weighted by Gasteiger charge is 2.11. The fourth-order valence-corrected chi connectivity index (χ4v) is 3.27. The molecule has 0 spiro atoms. The first-order valence-corrected chi connectivity index (χ1v) is 9.85. The third-order valence-electron chi connectivity index (χ3n) is 3.66. The van der Waals surface area contributed by atoms with Crippen molar-refractivity contribution >= 4 is 17.7 Å². The van der Waals surface area contributed by atoms with E-state index >= 15 is 0 Å². The Morgan fingerprint density at radius 3 is 2.48 bits per heavy atom. The summed E-state index contributed by atoms with van der Waals surface area (Å²) in [6.07, 6.45) is 1.20. The van der Waals surface area contributed by atoms with Crippen molar-refractivity contribution in [2.24, 2.45) is 4.99 Å². The SMILES string of the molecule is CCOC(CCN(C)C)CNC(=NC)NCC(C)Sc1ccccc1. The number of hydrogen-bond acceptors (Lipinski definition) is 4. The molecule has 0 saturated heterocycles. The summed E-state index contributed by atoms with van der Waals surface area (Å²) >= 11 is 1.86. The largest absolute Gasteiger partial charge is 0.377 e. The number of thioether (sulfide) groups is 1. The van der Waals surface area contributed by atoms with Gasteiger partial charge in [0.1, 0.15) is 0 Å². The Balaban J connectivity index is 2.34. The van der Waals surface area contributed by atoms with Gasteiger partial charge in [-0.1, -0.05) is 25.1 Å². The Morgan fingerprint density at radius 1 is 1.20 bits per heavy atom. The van der Waals surface area contributed by atoms with Gasteiger partial charge in [0, 0.05) is 43.4 Å². The predicted octanol–water partition coefficient (Wildman–Crippen LogP) is 2.69. The molecule has 0 heterocycles. The standard InChI is InChI=1S/C19H34N4OS/c1-6-24-17(12-13-23(4)5)15-22-19(20-3)21-14-16(2)25-18-10-8-7-9-11-18/h7-11,16-17H,6,12-15H2,1-5H3,(H2,20,21,22). The lowest BCUT2D eigenvalue weighted by Crippen LogP contribution is -2.44. The van der Waals surface area contributed by atoms with E-state index in [0.717, 1.165) is 38.6 Å². The van der Waals surface area contributed by atoms with E-state index in [9.17, 15) is 0 Å². The fourth-order valence-electron chi connectivity index (χ4n) is 2.33. The summed E-state index contributed by atoms with van der Waals surface area (Å²) in [4.78, 5) is 7.79. The van der Waals surface area contributed by atoms with Crippen LogP contribution in [0.2, 0.25) is 0 Å². The van der Waals surface area contributed by atoms with Gasteiger partial charge in [-0.15, -0.1) is 11.8 Å². The van der Waals surface area contributed by atoms with Gasteiger partial charge in [0.15, 0.2) is 5.96 Å². The maximum absolute atomic E-state index is 5.82. The van der Waals surface area contributed by atoms with Crippen LogP contribution in [0, 0.1) is 0 Å². The Hall–Kier alpha value is -1.24. The second-order valence-electron chi connectivity index (χ2n) is 6.24. The molecule has 0 aromatic heterocycles. The van der Waals surface area contributed by atoms with E-state index < -0.39 is 0 Å². The van der Waals surface area contributed by atoms with Crippen LogP contribution in [0.5, 0.6) is 0 Å². The van der Waals surface area contributed by atoms with Crippen LogP contribution in [0.3, 0.4) is 0 Å². The number of hydrogen-bond donors (Lipinski definition) is 2. The number of ether oxygens (including phenoxy) is 1. The molecule has 1 aromatic rings. The zero-order valence-corrected chi connectivity index (χ0v) is 17.1. The van der Waals surface area contributed by atoms with Crippen LogP contribution in [0.25, 0.3) is 0 Å². The van der Waals surface area contributed by atoms with Crippen molar-refractivity contribution in [1.82, 2.24) is 15.5 Å². The molecule has 25 heavy (non-hydrogen) atoms. The number of nitrogens with one attached hydrogen (secondary N) is 2. The Kier molecular flexibility index (Phi) is 11.4. The Labute approximate surface area is 157 Å². The first-order chi connectivity index (χ1) is 12.0. The number of aliphatic imine (C=N–C) groups is 1. The average molecular weight is 367 g/mol. The lowest BCUT2D eigenvalue weighted by atomic mass is 10.2. The van der Waals surface area contributed by atoms with E-state index in [0.29, 0.717) is 5.25 Å². The zero-order valence-electron chi connectivity index (χ0n) is 16.3. The lowest BCUT2D eigenvalue weighted by molar-refractivity contribution is 0.0548. The first kappa shape index (κ1) is 21.8. The van der Waals surface area contributed by atoms with Gasteiger partial charge in [0.25, 0.3) is 0 Å². The molecule has 0 aliphatic heterocycles. The predicted molar refractivity (Wildman–Crippen MR) is 110 cm³/mol. The molecule has 2 unspecified atom stereocenters. The number of nitrogens with zero attached hydrogens (tertiary/aromatic N) is 2. The molecule has 0 amide bonds. The quantitative estimate of drug-likeness (QED) is 0.358. The van der Waals surface area contributed by atoms with Crippen molar-refractivity contribution in [3.8, 4) is 0 Å². The summed E-state index contributed by atoms with van der Waals surface area (Å²) in [7, 11) is 5.98.